The molecule has 1 heterocycles. The molecule has 0 saturated carbocycles. The van der Waals surface area contributed by atoms with Gasteiger partial charge in [0.15, 0.2) is 0 Å². The average Bonchev–Trinajstić information content (AvgIpc) is 2.31. The highest BCUT2D eigenvalue weighted by Crippen LogP contribution is 2.12. The van der Waals surface area contributed by atoms with Crippen molar-refractivity contribution in [2.75, 3.05) is 39.3 Å². The van der Waals surface area contributed by atoms with Crippen LogP contribution in [0.3, 0.4) is 0 Å². The van der Waals surface area contributed by atoms with Crippen LogP contribution in [-0.4, -0.2) is 50.3 Å². The van der Waals surface area contributed by atoms with E-state index in [1.54, 1.807) is 0 Å². The highest BCUT2D eigenvalue weighted by Gasteiger charge is 2.18. The molecule has 1 N–H and O–H groups in total. The van der Waals surface area contributed by atoms with E-state index in [4.69, 9.17) is 4.74 Å². The van der Waals surface area contributed by atoms with Crippen molar-refractivity contribution in [3.63, 3.8) is 0 Å². The fourth-order valence-electron chi connectivity index (χ4n) is 2.29. The molecule has 3 heteroatoms. The zero-order chi connectivity index (χ0) is 12.5. The van der Waals surface area contributed by atoms with Crippen LogP contribution in [0.5, 0.6) is 0 Å². The number of hydrogen-bond donors (Lipinski definition) is 1. The normalized spacial score (nSPS) is 19.1. The van der Waals surface area contributed by atoms with Crippen LogP contribution in [0.25, 0.3) is 0 Å². The summed E-state index contributed by atoms with van der Waals surface area (Å²) in [6.45, 7) is 13.4. The highest BCUT2D eigenvalue weighted by atomic mass is 16.5. The van der Waals surface area contributed by atoms with E-state index in [1.807, 2.05) is 0 Å². The van der Waals surface area contributed by atoms with E-state index >= 15 is 0 Å². The summed E-state index contributed by atoms with van der Waals surface area (Å²) >= 11 is 0. The van der Waals surface area contributed by atoms with Gasteiger partial charge >= 0.3 is 0 Å². The van der Waals surface area contributed by atoms with Gasteiger partial charge in [-0.05, 0) is 38.6 Å². The molecule has 1 aliphatic heterocycles. The van der Waals surface area contributed by atoms with Crippen LogP contribution < -0.4 is 5.32 Å². The van der Waals surface area contributed by atoms with Gasteiger partial charge in [-0.1, -0.05) is 13.8 Å². The largest absolute Gasteiger partial charge is 0.378 e. The molecule has 1 aliphatic rings. The predicted molar refractivity (Wildman–Crippen MR) is 73.4 cm³/mol. The first-order valence-electron chi connectivity index (χ1n) is 7.27. The zero-order valence-electron chi connectivity index (χ0n) is 11.9. The monoisotopic (exact) mass is 242 g/mol. The van der Waals surface area contributed by atoms with Gasteiger partial charge in [0.1, 0.15) is 0 Å². The first-order chi connectivity index (χ1) is 8.22. The molecule has 0 aromatic carbocycles. The van der Waals surface area contributed by atoms with Crippen molar-refractivity contribution in [1.82, 2.24) is 10.2 Å². The Morgan fingerprint density at radius 2 is 1.94 bits per heavy atom. The molecule has 0 atom stereocenters. The number of piperidine rings is 1. The maximum absolute atomic E-state index is 5.66. The SMILES string of the molecule is CCOC1CCN(CCNCCC(C)C)CC1. The highest BCUT2D eigenvalue weighted by molar-refractivity contribution is 4.72. The summed E-state index contributed by atoms with van der Waals surface area (Å²) in [5.74, 6) is 0.810. The molecule has 3 nitrogen and oxygen atoms in total. The summed E-state index contributed by atoms with van der Waals surface area (Å²) in [6.07, 6.45) is 4.22. The van der Waals surface area contributed by atoms with E-state index in [2.05, 4.69) is 31.0 Å². The number of ether oxygens (including phenoxy) is 1. The van der Waals surface area contributed by atoms with E-state index < -0.39 is 0 Å². The second-order valence-electron chi connectivity index (χ2n) is 5.43. The molecule has 0 unspecified atom stereocenters. The summed E-state index contributed by atoms with van der Waals surface area (Å²) in [4.78, 5) is 2.55. The summed E-state index contributed by atoms with van der Waals surface area (Å²) in [5, 5.41) is 3.53. The van der Waals surface area contributed by atoms with Gasteiger partial charge in [0.25, 0.3) is 0 Å². The minimum Gasteiger partial charge on any atom is -0.378 e. The Hall–Kier alpha value is -0.120. The minimum absolute atomic E-state index is 0.519. The lowest BCUT2D eigenvalue weighted by Gasteiger charge is -2.31. The van der Waals surface area contributed by atoms with Crippen LogP contribution in [0.4, 0.5) is 0 Å². The zero-order valence-corrected chi connectivity index (χ0v) is 11.9. The van der Waals surface area contributed by atoms with Crippen molar-refractivity contribution < 1.29 is 4.74 Å². The Bertz CT molecular complexity index is 177. The molecule has 102 valence electrons. The topological polar surface area (TPSA) is 24.5 Å². The van der Waals surface area contributed by atoms with Crippen LogP contribution in [0.15, 0.2) is 0 Å². The Kier molecular flexibility index (Phi) is 7.82. The fourth-order valence-corrected chi connectivity index (χ4v) is 2.29. The van der Waals surface area contributed by atoms with Gasteiger partial charge in [0, 0.05) is 32.8 Å². The maximum Gasteiger partial charge on any atom is 0.0599 e. The van der Waals surface area contributed by atoms with E-state index in [-0.39, 0.29) is 0 Å². The molecule has 1 saturated heterocycles. The summed E-state index contributed by atoms with van der Waals surface area (Å²) < 4.78 is 5.66. The summed E-state index contributed by atoms with van der Waals surface area (Å²) in [5.41, 5.74) is 0. The summed E-state index contributed by atoms with van der Waals surface area (Å²) in [6, 6.07) is 0. The molecule has 1 rings (SSSR count). The molecule has 0 radical (unpaired) electrons. The van der Waals surface area contributed by atoms with E-state index in [1.165, 1.54) is 38.9 Å². The first kappa shape index (κ1) is 14.9. The molecule has 0 aliphatic carbocycles. The number of nitrogens with zero attached hydrogens (tertiary/aromatic N) is 1. The van der Waals surface area contributed by atoms with Gasteiger partial charge in [0.05, 0.1) is 6.10 Å². The van der Waals surface area contributed by atoms with Crippen molar-refractivity contribution in [3.05, 3.63) is 0 Å². The van der Waals surface area contributed by atoms with Gasteiger partial charge in [-0.2, -0.15) is 0 Å². The van der Waals surface area contributed by atoms with Gasteiger partial charge in [-0.3, -0.25) is 0 Å². The molecule has 17 heavy (non-hydrogen) atoms. The van der Waals surface area contributed by atoms with Gasteiger partial charge in [-0.25, -0.2) is 0 Å². The molecule has 1 fully saturated rings. The van der Waals surface area contributed by atoms with Crippen molar-refractivity contribution >= 4 is 0 Å². The fraction of sp³-hybridized carbons (Fsp3) is 1.00. The lowest BCUT2D eigenvalue weighted by Crippen LogP contribution is -2.40. The van der Waals surface area contributed by atoms with Crippen LogP contribution in [-0.2, 0) is 4.74 Å². The second-order valence-corrected chi connectivity index (χ2v) is 5.43. The summed E-state index contributed by atoms with van der Waals surface area (Å²) in [7, 11) is 0. The van der Waals surface area contributed by atoms with E-state index in [0.717, 1.165) is 25.6 Å². The molecular weight excluding hydrogens is 212 g/mol. The third kappa shape index (κ3) is 7.02. The lowest BCUT2D eigenvalue weighted by molar-refractivity contribution is 0.0145. The van der Waals surface area contributed by atoms with Crippen molar-refractivity contribution in [1.29, 1.82) is 0 Å². The van der Waals surface area contributed by atoms with Gasteiger partial charge in [0.2, 0.25) is 0 Å². The molecule has 0 spiro atoms. The number of hydrogen-bond acceptors (Lipinski definition) is 3. The molecule has 0 aromatic heterocycles. The van der Waals surface area contributed by atoms with Gasteiger partial charge in [-0.15, -0.1) is 0 Å². The second kappa shape index (κ2) is 8.90. The van der Waals surface area contributed by atoms with E-state index in [0.29, 0.717) is 6.10 Å². The third-order valence-corrected chi connectivity index (χ3v) is 3.44. The Labute approximate surface area is 107 Å². The van der Waals surface area contributed by atoms with Crippen molar-refractivity contribution in [2.45, 2.75) is 46.1 Å². The maximum atomic E-state index is 5.66. The quantitative estimate of drug-likeness (QED) is 0.660. The van der Waals surface area contributed by atoms with Crippen LogP contribution in [0.1, 0.15) is 40.0 Å². The van der Waals surface area contributed by atoms with Crippen molar-refractivity contribution in [3.8, 4) is 0 Å². The standard InChI is InChI=1S/C14H30N2O/c1-4-17-14-6-10-16(11-7-14)12-9-15-8-5-13(2)3/h13-15H,4-12H2,1-3H3. The third-order valence-electron chi connectivity index (χ3n) is 3.44. The van der Waals surface area contributed by atoms with Gasteiger partial charge < -0.3 is 15.0 Å². The molecular formula is C14H30N2O. The Morgan fingerprint density at radius 1 is 1.24 bits per heavy atom. The molecule has 0 bridgehead atoms. The van der Waals surface area contributed by atoms with Crippen LogP contribution in [0, 0.1) is 5.92 Å². The molecule has 0 amide bonds. The lowest BCUT2D eigenvalue weighted by atomic mass is 10.1. The first-order valence-corrected chi connectivity index (χ1v) is 7.27. The number of rotatable bonds is 8. The van der Waals surface area contributed by atoms with Crippen molar-refractivity contribution in [2.24, 2.45) is 5.92 Å². The number of likely N-dealkylation sites (tertiary alicyclic amines) is 1. The van der Waals surface area contributed by atoms with Crippen LogP contribution in [0.2, 0.25) is 0 Å². The van der Waals surface area contributed by atoms with Crippen LogP contribution >= 0.6 is 0 Å². The average molecular weight is 242 g/mol. The Balaban J connectivity index is 1.95. The predicted octanol–water partition coefficient (Wildman–Crippen LogP) is 2.12. The minimum atomic E-state index is 0.519. The smallest absolute Gasteiger partial charge is 0.0599 e. The molecule has 0 aromatic rings. The van der Waals surface area contributed by atoms with E-state index in [9.17, 15) is 0 Å². The Morgan fingerprint density at radius 3 is 2.53 bits per heavy atom. The number of nitrogens with one attached hydrogen (secondary N) is 1.